The zero-order chi connectivity index (χ0) is 13.8. The highest BCUT2D eigenvalue weighted by molar-refractivity contribution is 9.10. The predicted octanol–water partition coefficient (Wildman–Crippen LogP) is 2.58. The van der Waals surface area contributed by atoms with E-state index in [4.69, 9.17) is 5.73 Å². The zero-order valence-electron chi connectivity index (χ0n) is 11.2. The Balaban J connectivity index is 2.65. The van der Waals surface area contributed by atoms with E-state index >= 15 is 0 Å². The molecule has 0 heterocycles. The molecule has 0 aromatic heterocycles. The van der Waals surface area contributed by atoms with Crippen LogP contribution >= 0.6 is 15.9 Å². The number of benzene rings is 1. The summed E-state index contributed by atoms with van der Waals surface area (Å²) in [6.07, 6.45) is 0.367. The van der Waals surface area contributed by atoms with E-state index in [-0.39, 0.29) is 17.4 Å². The summed E-state index contributed by atoms with van der Waals surface area (Å²) in [5, 5.41) is 3.36. The lowest BCUT2D eigenvalue weighted by atomic mass is 9.84. The van der Waals surface area contributed by atoms with Crippen molar-refractivity contribution in [3.8, 4) is 0 Å². The highest BCUT2D eigenvalue weighted by atomic mass is 79.9. The van der Waals surface area contributed by atoms with Crippen molar-refractivity contribution < 1.29 is 4.79 Å². The Bertz CT molecular complexity index is 418. The van der Waals surface area contributed by atoms with E-state index in [1.165, 1.54) is 5.56 Å². The van der Waals surface area contributed by atoms with Crippen LogP contribution in [0.1, 0.15) is 32.8 Å². The molecule has 0 aliphatic carbocycles. The summed E-state index contributed by atoms with van der Waals surface area (Å²) in [7, 11) is 0. The largest absolute Gasteiger partial charge is 0.370 e. The average Bonchev–Trinajstić information content (AvgIpc) is 2.26. The van der Waals surface area contributed by atoms with Gasteiger partial charge in [0.25, 0.3) is 0 Å². The van der Waals surface area contributed by atoms with Gasteiger partial charge in [0.05, 0.1) is 0 Å². The first-order chi connectivity index (χ1) is 8.33. The van der Waals surface area contributed by atoms with Gasteiger partial charge in [-0.05, 0) is 18.6 Å². The molecule has 0 aliphatic rings. The van der Waals surface area contributed by atoms with Crippen molar-refractivity contribution >= 4 is 21.8 Å². The lowest BCUT2D eigenvalue weighted by Crippen LogP contribution is -2.39. The van der Waals surface area contributed by atoms with Gasteiger partial charge in [-0.25, -0.2) is 0 Å². The van der Waals surface area contributed by atoms with E-state index < -0.39 is 0 Å². The van der Waals surface area contributed by atoms with Gasteiger partial charge in [-0.2, -0.15) is 0 Å². The molecule has 100 valence electrons. The van der Waals surface area contributed by atoms with Crippen LogP contribution < -0.4 is 11.1 Å². The molecule has 1 aromatic carbocycles. The van der Waals surface area contributed by atoms with E-state index in [1.54, 1.807) is 0 Å². The number of hydrogen-bond donors (Lipinski definition) is 2. The van der Waals surface area contributed by atoms with Crippen molar-refractivity contribution in [3.63, 3.8) is 0 Å². The molecule has 0 saturated carbocycles. The van der Waals surface area contributed by atoms with E-state index in [0.29, 0.717) is 6.42 Å². The predicted molar refractivity (Wildman–Crippen MR) is 78.4 cm³/mol. The lowest BCUT2D eigenvalue weighted by molar-refractivity contribution is -0.118. The Hall–Kier alpha value is -0.870. The topological polar surface area (TPSA) is 55.1 Å². The standard InChI is InChI=1S/C14H21BrN2O/c1-10(8-13(16)18)17-9-14(2,3)11-6-4-5-7-12(11)15/h4-7,10,17H,8-9H2,1-3H3,(H2,16,18)/t10-/m0/s1. The molecule has 1 amide bonds. The van der Waals surface area contributed by atoms with Gasteiger partial charge in [0, 0.05) is 28.9 Å². The van der Waals surface area contributed by atoms with Crippen molar-refractivity contribution in [2.24, 2.45) is 5.73 Å². The van der Waals surface area contributed by atoms with Crippen LogP contribution in [0, 0.1) is 0 Å². The van der Waals surface area contributed by atoms with E-state index in [0.717, 1.165) is 11.0 Å². The number of carbonyl (C=O) groups is 1. The maximum Gasteiger partial charge on any atom is 0.218 e. The van der Waals surface area contributed by atoms with Crippen LogP contribution in [0.15, 0.2) is 28.7 Å². The second kappa shape index (κ2) is 6.34. The van der Waals surface area contributed by atoms with Gasteiger partial charge in [-0.1, -0.05) is 48.0 Å². The second-order valence-electron chi connectivity index (χ2n) is 5.32. The number of nitrogens with one attached hydrogen (secondary N) is 1. The third kappa shape index (κ3) is 4.42. The Morgan fingerprint density at radius 2 is 2.06 bits per heavy atom. The van der Waals surface area contributed by atoms with Crippen LogP contribution in [0.3, 0.4) is 0 Å². The summed E-state index contributed by atoms with van der Waals surface area (Å²) in [6, 6.07) is 8.31. The first-order valence-corrected chi connectivity index (χ1v) is 6.89. The van der Waals surface area contributed by atoms with Crippen LogP contribution in [0.5, 0.6) is 0 Å². The first kappa shape index (κ1) is 15.2. The maximum atomic E-state index is 10.8. The third-order valence-corrected chi connectivity index (χ3v) is 3.69. The molecule has 0 bridgehead atoms. The molecule has 3 N–H and O–H groups in total. The van der Waals surface area contributed by atoms with Gasteiger partial charge in [-0.3, -0.25) is 4.79 Å². The van der Waals surface area contributed by atoms with Crippen molar-refractivity contribution in [2.75, 3.05) is 6.54 Å². The van der Waals surface area contributed by atoms with Crippen LogP contribution in [-0.2, 0) is 10.2 Å². The SMILES string of the molecule is C[C@@H](CC(N)=O)NCC(C)(C)c1ccccc1Br. The number of carbonyl (C=O) groups excluding carboxylic acids is 1. The molecule has 0 spiro atoms. The number of rotatable bonds is 6. The van der Waals surface area contributed by atoms with Gasteiger partial charge in [-0.15, -0.1) is 0 Å². The molecule has 0 fully saturated rings. The van der Waals surface area contributed by atoms with Gasteiger partial charge in [0.2, 0.25) is 5.91 Å². The molecular weight excluding hydrogens is 292 g/mol. The summed E-state index contributed by atoms with van der Waals surface area (Å²) in [4.78, 5) is 10.8. The van der Waals surface area contributed by atoms with Gasteiger partial charge in [0.1, 0.15) is 0 Å². The number of hydrogen-bond acceptors (Lipinski definition) is 2. The third-order valence-electron chi connectivity index (χ3n) is 3.00. The number of amides is 1. The molecule has 0 aliphatic heterocycles. The highest BCUT2D eigenvalue weighted by Gasteiger charge is 2.23. The van der Waals surface area contributed by atoms with Crippen LogP contribution in [0.2, 0.25) is 0 Å². The van der Waals surface area contributed by atoms with Crippen molar-refractivity contribution in [2.45, 2.75) is 38.6 Å². The van der Waals surface area contributed by atoms with E-state index in [9.17, 15) is 4.79 Å². The Kier molecular flexibility index (Phi) is 5.35. The van der Waals surface area contributed by atoms with Crippen molar-refractivity contribution in [3.05, 3.63) is 34.3 Å². The highest BCUT2D eigenvalue weighted by Crippen LogP contribution is 2.29. The Morgan fingerprint density at radius 3 is 2.61 bits per heavy atom. The first-order valence-electron chi connectivity index (χ1n) is 6.09. The molecule has 1 aromatic rings. The molecule has 18 heavy (non-hydrogen) atoms. The van der Waals surface area contributed by atoms with E-state index in [2.05, 4.69) is 41.2 Å². The number of nitrogens with two attached hydrogens (primary N) is 1. The minimum absolute atomic E-state index is 0.00794. The summed E-state index contributed by atoms with van der Waals surface area (Å²) in [5.41, 5.74) is 6.43. The fraction of sp³-hybridized carbons (Fsp3) is 0.500. The number of primary amides is 1. The van der Waals surface area contributed by atoms with Gasteiger partial charge < -0.3 is 11.1 Å². The quantitative estimate of drug-likeness (QED) is 0.848. The molecule has 0 unspecified atom stereocenters. The summed E-state index contributed by atoms with van der Waals surface area (Å²) < 4.78 is 1.11. The molecular formula is C14H21BrN2O. The second-order valence-corrected chi connectivity index (χ2v) is 6.17. The average molecular weight is 313 g/mol. The van der Waals surface area contributed by atoms with Crippen LogP contribution in [0.4, 0.5) is 0 Å². The molecule has 1 atom stereocenters. The minimum atomic E-state index is -0.270. The van der Waals surface area contributed by atoms with E-state index in [1.807, 2.05) is 25.1 Å². The molecule has 3 nitrogen and oxygen atoms in total. The van der Waals surface area contributed by atoms with Crippen molar-refractivity contribution in [1.82, 2.24) is 5.32 Å². The summed E-state index contributed by atoms with van der Waals surface area (Å²) in [6.45, 7) is 7.12. The maximum absolute atomic E-state index is 10.8. The monoisotopic (exact) mass is 312 g/mol. The zero-order valence-corrected chi connectivity index (χ0v) is 12.8. The Morgan fingerprint density at radius 1 is 1.44 bits per heavy atom. The molecule has 1 rings (SSSR count). The normalized spacial score (nSPS) is 13.3. The van der Waals surface area contributed by atoms with Gasteiger partial charge in [0.15, 0.2) is 0 Å². The van der Waals surface area contributed by atoms with Gasteiger partial charge >= 0.3 is 0 Å². The van der Waals surface area contributed by atoms with Crippen LogP contribution in [0.25, 0.3) is 0 Å². The minimum Gasteiger partial charge on any atom is -0.370 e. The lowest BCUT2D eigenvalue weighted by Gasteiger charge is -2.28. The summed E-state index contributed by atoms with van der Waals surface area (Å²) >= 11 is 3.58. The fourth-order valence-corrected chi connectivity index (χ4v) is 2.73. The number of halogens is 1. The fourth-order valence-electron chi connectivity index (χ4n) is 1.91. The molecule has 0 radical (unpaired) electrons. The molecule has 4 heteroatoms. The van der Waals surface area contributed by atoms with Crippen LogP contribution in [-0.4, -0.2) is 18.5 Å². The Labute approximate surface area is 117 Å². The smallest absolute Gasteiger partial charge is 0.218 e. The van der Waals surface area contributed by atoms with Crippen molar-refractivity contribution in [1.29, 1.82) is 0 Å². The summed E-state index contributed by atoms with van der Waals surface area (Å²) in [5.74, 6) is -0.270. The molecule has 0 saturated heterocycles.